The van der Waals surface area contributed by atoms with Crippen molar-refractivity contribution in [2.24, 2.45) is 23.2 Å². The number of thioether (sulfide) groups is 1. The topological polar surface area (TPSA) is 59.8 Å². The summed E-state index contributed by atoms with van der Waals surface area (Å²) >= 11 is 14.7. The van der Waals surface area contributed by atoms with Crippen LogP contribution in [0.5, 0.6) is 0 Å². The van der Waals surface area contributed by atoms with Gasteiger partial charge in [-0.05, 0) is 92.0 Å². The first kappa shape index (κ1) is 28.0. The Morgan fingerprint density at radius 2 is 1.50 bits per heavy atom. The standard InChI is InChI=1S/C34H34Cl2N4OS/c35-27-11-12-30(28(36)17-27)40-31(38-39-33(40)42-21-23-9-5-2-6-10-23)29(16-22-7-3-1-4-8-22)37-32(41)34-18-24-13-25(19-34)15-26(14-24)20-34/h1-12,17,24-26,29H,13-16,18-21H2,(H,37,41). The van der Waals surface area contributed by atoms with E-state index in [0.717, 1.165) is 41.4 Å². The van der Waals surface area contributed by atoms with Gasteiger partial charge in [-0.3, -0.25) is 9.36 Å². The van der Waals surface area contributed by atoms with Gasteiger partial charge in [-0.25, -0.2) is 0 Å². The van der Waals surface area contributed by atoms with Gasteiger partial charge in [0.2, 0.25) is 5.91 Å². The van der Waals surface area contributed by atoms with Gasteiger partial charge >= 0.3 is 0 Å². The number of nitrogens with one attached hydrogen (secondary N) is 1. The Morgan fingerprint density at radius 1 is 0.881 bits per heavy atom. The Morgan fingerprint density at radius 3 is 2.12 bits per heavy atom. The van der Waals surface area contributed by atoms with Crippen LogP contribution in [0.1, 0.15) is 61.5 Å². The fraction of sp³-hybridized carbons (Fsp3) is 0.382. The lowest BCUT2D eigenvalue weighted by atomic mass is 9.49. The summed E-state index contributed by atoms with van der Waals surface area (Å²) in [6.45, 7) is 0. The molecule has 5 nitrogen and oxygen atoms in total. The Kier molecular flexibility index (Phi) is 7.80. The number of benzene rings is 3. The van der Waals surface area contributed by atoms with Gasteiger partial charge in [0.1, 0.15) is 0 Å². The third kappa shape index (κ3) is 5.61. The zero-order chi connectivity index (χ0) is 28.7. The summed E-state index contributed by atoms with van der Waals surface area (Å²) in [6, 6.07) is 25.7. The lowest BCUT2D eigenvalue weighted by Gasteiger charge is -2.55. The summed E-state index contributed by atoms with van der Waals surface area (Å²) in [7, 11) is 0. The molecular formula is C34H34Cl2N4OS. The minimum atomic E-state index is -0.377. The van der Waals surface area contributed by atoms with Crippen molar-refractivity contribution in [3.63, 3.8) is 0 Å². The molecule has 0 saturated heterocycles. The van der Waals surface area contributed by atoms with Crippen LogP contribution in [0.2, 0.25) is 10.0 Å². The smallest absolute Gasteiger partial charge is 0.226 e. The minimum Gasteiger partial charge on any atom is -0.345 e. The molecule has 8 heteroatoms. The van der Waals surface area contributed by atoms with Crippen LogP contribution in [0.25, 0.3) is 5.69 Å². The lowest BCUT2D eigenvalue weighted by Crippen LogP contribution is -2.54. The first-order valence-electron chi connectivity index (χ1n) is 14.9. The number of hydrogen-bond donors (Lipinski definition) is 1. The lowest BCUT2D eigenvalue weighted by molar-refractivity contribution is -0.147. The molecule has 0 aliphatic heterocycles. The largest absolute Gasteiger partial charge is 0.345 e. The number of rotatable bonds is 9. The van der Waals surface area contributed by atoms with E-state index in [1.807, 2.05) is 53.1 Å². The fourth-order valence-corrected chi connectivity index (χ4v) is 9.37. The number of nitrogens with zero attached hydrogens (tertiary/aromatic N) is 3. The van der Waals surface area contributed by atoms with E-state index >= 15 is 0 Å². The first-order valence-corrected chi connectivity index (χ1v) is 16.6. The van der Waals surface area contributed by atoms with E-state index in [0.29, 0.717) is 40.0 Å². The van der Waals surface area contributed by atoms with E-state index in [1.54, 1.807) is 17.8 Å². The summed E-state index contributed by atoms with van der Waals surface area (Å²) in [5.41, 5.74) is 2.80. The van der Waals surface area contributed by atoms with Gasteiger partial charge in [0.05, 0.1) is 16.8 Å². The molecule has 4 aliphatic rings. The molecule has 1 aromatic heterocycles. The Balaban J connectivity index is 1.27. The molecule has 4 aliphatic carbocycles. The highest BCUT2D eigenvalue weighted by Crippen LogP contribution is 2.60. The second-order valence-corrected chi connectivity index (χ2v) is 14.2. The van der Waals surface area contributed by atoms with Gasteiger partial charge in [-0.2, -0.15) is 0 Å². The van der Waals surface area contributed by atoms with E-state index < -0.39 is 0 Å². The molecule has 1 unspecified atom stereocenters. The van der Waals surface area contributed by atoms with Gasteiger partial charge in [0.25, 0.3) is 0 Å². The Labute approximate surface area is 261 Å². The van der Waals surface area contributed by atoms with E-state index in [4.69, 9.17) is 28.3 Å². The molecule has 1 atom stereocenters. The second kappa shape index (κ2) is 11.7. The maximum Gasteiger partial charge on any atom is 0.226 e. The number of carbonyl (C=O) groups is 1. The van der Waals surface area contributed by atoms with E-state index in [1.165, 1.54) is 24.8 Å². The van der Waals surface area contributed by atoms with Crippen molar-refractivity contribution in [2.75, 3.05) is 0 Å². The van der Waals surface area contributed by atoms with Crippen molar-refractivity contribution >= 4 is 40.9 Å². The van der Waals surface area contributed by atoms with Gasteiger partial charge < -0.3 is 5.32 Å². The summed E-state index contributed by atoms with van der Waals surface area (Å²) < 4.78 is 2.01. The van der Waals surface area contributed by atoms with Gasteiger partial charge in [-0.1, -0.05) is 95.6 Å². The molecule has 1 N–H and O–H groups in total. The average Bonchev–Trinajstić information content (AvgIpc) is 3.39. The molecule has 0 radical (unpaired) electrons. The number of amides is 1. The Bertz CT molecular complexity index is 1540. The molecule has 42 heavy (non-hydrogen) atoms. The molecule has 8 rings (SSSR count). The highest BCUT2D eigenvalue weighted by atomic mass is 35.5. The summed E-state index contributed by atoms with van der Waals surface area (Å²) in [5.74, 6) is 3.65. The minimum absolute atomic E-state index is 0.178. The highest BCUT2D eigenvalue weighted by molar-refractivity contribution is 7.98. The maximum absolute atomic E-state index is 14.3. The van der Waals surface area contributed by atoms with Crippen LogP contribution in [-0.4, -0.2) is 20.7 Å². The predicted octanol–water partition coefficient (Wildman–Crippen LogP) is 8.48. The molecular weight excluding hydrogens is 583 g/mol. The van der Waals surface area contributed by atoms with Crippen molar-refractivity contribution in [1.29, 1.82) is 0 Å². The summed E-state index contributed by atoms with van der Waals surface area (Å²) in [6.07, 6.45) is 7.53. The third-order valence-electron chi connectivity index (χ3n) is 9.44. The second-order valence-electron chi connectivity index (χ2n) is 12.5. The molecule has 4 saturated carbocycles. The number of halogens is 2. The molecule has 1 heterocycles. The van der Waals surface area contributed by atoms with Gasteiger partial charge in [0.15, 0.2) is 11.0 Å². The van der Waals surface area contributed by atoms with Crippen LogP contribution in [0.3, 0.4) is 0 Å². The molecule has 4 aromatic rings. The molecule has 3 aromatic carbocycles. The van der Waals surface area contributed by atoms with Crippen LogP contribution in [0.4, 0.5) is 0 Å². The van der Waals surface area contributed by atoms with Crippen LogP contribution < -0.4 is 5.32 Å². The average molecular weight is 618 g/mol. The van der Waals surface area contributed by atoms with E-state index in [-0.39, 0.29) is 17.4 Å². The molecule has 1 amide bonds. The van der Waals surface area contributed by atoms with Gasteiger partial charge in [-0.15, -0.1) is 10.2 Å². The van der Waals surface area contributed by atoms with E-state index in [2.05, 4.69) is 34.7 Å². The highest BCUT2D eigenvalue weighted by Gasteiger charge is 2.55. The summed E-state index contributed by atoms with van der Waals surface area (Å²) in [5, 5.41) is 14.7. The number of hydrogen-bond acceptors (Lipinski definition) is 4. The van der Waals surface area contributed by atoms with Crippen molar-refractivity contribution in [3.05, 3.63) is 106 Å². The van der Waals surface area contributed by atoms with Crippen LogP contribution in [0.15, 0.2) is 84.0 Å². The van der Waals surface area contributed by atoms with Gasteiger partial charge in [0, 0.05) is 16.2 Å². The zero-order valence-electron chi connectivity index (χ0n) is 23.4. The van der Waals surface area contributed by atoms with Crippen LogP contribution in [-0.2, 0) is 17.0 Å². The van der Waals surface area contributed by atoms with Crippen LogP contribution in [0, 0.1) is 23.2 Å². The Hall–Kier alpha value is -2.80. The SMILES string of the molecule is O=C(NC(Cc1ccccc1)c1nnc(SCc2ccccc2)n1-c1ccc(Cl)cc1Cl)C12CC3CC(CC(C3)C1)C2. The predicted molar refractivity (Wildman–Crippen MR) is 169 cm³/mol. The monoisotopic (exact) mass is 616 g/mol. The maximum atomic E-state index is 14.3. The zero-order valence-corrected chi connectivity index (χ0v) is 25.7. The number of carbonyl (C=O) groups excluding carboxylic acids is 1. The summed E-state index contributed by atoms with van der Waals surface area (Å²) in [4.78, 5) is 14.3. The number of aromatic nitrogens is 3. The molecule has 0 spiro atoms. The molecule has 216 valence electrons. The fourth-order valence-electron chi connectivity index (χ4n) is 7.97. The van der Waals surface area contributed by atoms with Crippen molar-refractivity contribution in [2.45, 2.75) is 61.9 Å². The van der Waals surface area contributed by atoms with Crippen molar-refractivity contribution in [3.8, 4) is 5.69 Å². The molecule has 4 fully saturated rings. The molecule has 4 bridgehead atoms. The quantitative estimate of drug-likeness (QED) is 0.192. The van der Waals surface area contributed by atoms with E-state index in [9.17, 15) is 4.79 Å². The first-order chi connectivity index (χ1) is 20.5. The van der Waals surface area contributed by atoms with Crippen LogP contribution >= 0.6 is 35.0 Å². The third-order valence-corrected chi connectivity index (χ3v) is 11.0. The van der Waals surface area contributed by atoms with Crippen molar-refractivity contribution in [1.82, 2.24) is 20.1 Å². The normalized spacial score (nSPS) is 25.0. The van der Waals surface area contributed by atoms with Crippen molar-refractivity contribution < 1.29 is 4.79 Å².